The molecule has 1 aromatic heterocycles. The zero-order chi connectivity index (χ0) is 21.9. The van der Waals surface area contributed by atoms with E-state index in [1.807, 2.05) is 42.5 Å². The summed E-state index contributed by atoms with van der Waals surface area (Å²) in [7, 11) is 1.65. The Morgan fingerprint density at radius 3 is 2.50 bits per heavy atom. The summed E-state index contributed by atoms with van der Waals surface area (Å²) in [6.07, 6.45) is 0. The van der Waals surface area contributed by atoms with Gasteiger partial charge in [-0.2, -0.15) is 5.26 Å². The van der Waals surface area contributed by atoms with Crippen molar-refractivity contribution in [1.29, 1.82) is 5.26 Å². The van der Waals surface area contributed by atoms with Crippen LogP contribution in [-0.4, -0.2) is 50.0 Å². The van der Waals surface area contributed by atoms with Gasteiger partial charge in [0.1, 0.15) is 17.6 Å². The Morgan fingerprint density at radius 1 is 0.969 bits per heavy atom. The molecule has 7 nitrogen and oxygen atoms in total. The van der Waals surface area contributed by atoms with Crippen LogP contribution in [0.3, 0.4) is 0 Å². The summed E-state index contributed by atoms with van der Waals surface area (Å²) in [6, 6.07) is 20.0. The first-order valence-electron chi connectivity index (χ1n) is 10.6. The second-order valence-corrected chi connectivity index (χ2v) is 7.86. The molecule has 3 aromatic rings. The third-order valence-electron chi connectivity index (χ3n) is 5.90. The average molecular weight is 428 g/mol. The van der Waals surface area contributed by atoms with Gasteiger partial charge in [-0.1, -0.05) is 6.07 Å². The molecule has 5 rings (SSSR count). The van der Waals surface area contributed by atoms with Crippen LogP contribution in [0, 0.1) is 11.3 Å². The van der Waals surface area contributed by atoms with Crippen LogP contribution in [0.15, 0.2) is 54.6 Å². The Labute approximate surface area is 187 Å². The topological polar surface area (TPSA) is 70.9 Å². The van der Waals surface area contributed by atoms with Gasteiger partial charge in [-0.15, -0.1) is 0 Å². The molecule has 3 heterocycles. The number of rotatable bonds is 5. The Hall–Kier alpha value is -3.76. The van der Waals surface area contributed by atoms with E-state index in [2.05, 4.69) is 28.0 Å². The van der Waals surface area contributed by atoms with Crippen LogP contribution in [-0.2, 0) is 6.54 Å². The molecule has 0 bridgehead atoms. The van der Waals surface area contributed by atoms with Crippen LogP contribution in [0.2, 0.25) is 0 Å². The largest absolute Gasteiger partial charge is 0.497 e. The zero-order valence-corrected chi connectivity index (χ0v) is 18.0. The molecule has 0 saturated carbocycles. The van der Waals surface area contributed by atoms with Crippen molar-refractivity contribution in [2.24, 2.45) is 0 Å². The van der Waals surface area contributed by atoms with Crippen LogP contribution in [0.4, 0.5) is 5.82 Å². The number of nitriles is 1. The van der Waals surface area contributed by atoms with Crippen LogP contribution in [0.5, 0.6) is 17.2 Å². The maximum Gasteiger partial charge on any atom is 0.231 e. The number of fused-ring (bicyclic) bond motifs is 1. The molecular weight excluding hydrogens is 404 g/mol. The number of ether oxygens (including phenoxy) is 3. The van der Waals surface area contributed by atoms with Crippen molar-refractivity contribution in [1.82, 2.24) is 9.88 Å². The first-order chi connectivity index (χ1) is 15.7. The summed E-state index contributed by atoms with van der Waals surface area (Å²) in [5, 5.41) is 9.64. The number of hydrogen-bond acceptors (Lipinski definition) is 7. The number of methoxy groups -OCH3 is 1. The second kappa shape index (κ2) is 8.77. The van der Waals surface area contributed by atoms with E-state index in [4.69, 9.17) is 19.2 Å². The predicted octanol–water partition coefficient (Wildman–Crippen LogP) is 3.68. The van der Waals surface area contributed by atoms with Gasteiger partial charge in [0.25, 0.3) is 0 Å². The molecule has 0 aliphatic carbocycles. The summed E-state index contributed by atoms with van der Waals surface area (Å²) in [5.41, 5.74) is 3.66. The molecule has 0 N–H and O–H groups in total. The van der Waals surface area contributed by atoms with Crippen LogP contribution in [0.25, 0.3) is 11.3 Å². The Balaban J connectivity index is 1.28. The first-order valence-corrected chi connectivity index (χ1v) is 10.6. The fourth-order valence-corrected chi connectivity index (χ4v) is 4.11. The van der Waals surface area contributed by atoms with Gasteiger partial charge in [0.05, 0.1) is 18.4 Å². The third kappa shape index (κ3) is 4.05. The summed E-state index contributed by atoms with van der Waals surface area (Å²) in [6.45, 7) is 4.58. The van der Waals surface area contributed by atoms with E-state index in [0.29, 0.717) is 12.4 Å². The highest BCUT2D eigenvalue weighted by Crippen LogP contribution is 2.33. The predicted molar refractivity (Wildman–Crippen MR) is 121 cm³/mol. The van der Waals surface area contributed by atoms with Gasteiger partial charge in [-0.25, -0.2) is 4.98 Å². The van der Waals surface area contributed by atoms with Gasteiger partial charge in [0.2, 0.25) is 6.79 Å². The van der Waals surface area contributed by atoms with Gasteiger partial charge in [0, 0.05) is 38.3 Å². The maximum absolute atomic E-state index is 9.64. The fourth-order valence-electron chi connectivity index (χ4n) is 4.11. The van der Waals surface area contributed by atoms with Crippen molar-refractivity contribution in [3.05, 3.63) is 65.7 Å². The fraction of sp³-hybridized carbons (Fsp3) is 0.280. The highest BCUT2D eigenvalue weighted by Gasteiger charge is 2.22. The summed E-state index contributed by atoms with van der Waals surface area (Å²) in [4.78, 5) is 9.48. The van der Waals surface area contributed by atoms with Crippen LogP contribution in [0.1, 0.15) is 11.1 Å². The molecule has 7 heteroatoms. The van der Waals surface area contributed by atoms with Crippen molar-refractivity contribution in [3.63, 3.8) is 0 Å². The van der Waals surface area contributed by atoms with E-state index in [1.54, 1.807) is 7.11 Å². The van der Waals surface area contributed by atoms with Gasteiger partial charge in [-0.05, 0) is 54.1 Å². The lowest BCUT2D eigenvalue weighted by Crippen LogP contribution is -2.46. The Kier molecular flexibility index (Phi) is 5.53. The first kappa shape index (κ1) is 20.2. The average Bonchev–Trinajstić information content (AvgIpc) is 3.32. The quantitative estimate of drug-likeness (QED) is 0.614. The van der Waals surface area contributed by atoms with Crippen LogP contribution < -0.4 is 19.1 Å². The lowest BCUT2D eigenvalue weighted by Gasteiger charge is -2.36. The number of nitrogens with zero attached hydrogens (tertiary/aromatic N) is 4. The number of anilines is 1. The minimum Gasteiger partial charge on any atom is -0.497 e. The van der Waals surface area contributed by atoms with E-state index in [1.165, 1.54) is 5.56 Å². The SMILES string of the molecule is COc1ccc(-c2ccc(C#N)c(N3CCN(Cc4ccc5c(c4)OCO5)CC3)n2)cc1. The van der Waals surface area contributed by atoms with Gasteiger partial charge >= 0.3 is 0 Å². The summed E-state index contributed by atoms with van der Waals surface area (Å²) in [5.74, 6) is 3.19. The molecule has 1 fully saturated rings. The van der Waals surface area contributed by atoms with Crippen LogP contribution >= 0.6 is 0 Å². The maximum atomic E-state index is 9.64. The van der Waals surface area contributed by atoms with E-state index < -0.39 is 0 Å². The third-order valence-corrected chi connectivity index (χ3v) is 5.90. The molecule has 2 aliphatic rings. The normalized spacial score (nSPS) is 15.4. The highest BCUT2D eigenvalue weighted by molar-refractivity contribution is 5.66. The lowest BCUT2D eigenvalue weighted by atomic mass is 10.1. The standard InChI is InChI=1S/C25H24N4O3/c1-30-21-6-3-19(4-7-21)22-8-5-20(15-26)25(27-22)29-12-10-28(11-13-29)16-18-2-9-23-24(14-18)32-17-31-23/h2-9,14H,10-13,16-17H2,1H3. The summed E-state index contributed by atoms with van der Waals surface area (Å²) >= 11 is 0. The van der Waals surface area contributed by atoms with Crippen molar-refractivity contribution in [2.45, 2.75) is 6.54 Å². The van der Waals surface area contributed by atoms with Crippen molar-refractivity contribution < 1.29 is 14.2 Å². The smallest absolute Gasteiger partial charge is 0.231 e. The minimum atomic E-state index is 0.293. The molecule has 32 heavy (non-hydrogen) atoms. The molecule has 0 atom stereocenters. The van der Waals surface area contributed by atoms with Crippen molar-refractivity contribution >= 4 is 5.82 Å². The minimum absolute atomic E-state index is 0.293. The number of aromatic nitrogens is 1. The van der Waals surface area contributed by atoms with E-state index in [9.17, 15) is 5.26 Å². The number of pyridine rings is 1. The molecule has 2 aliphatic heterocycles. The second-order valence-electron chi connectivity index (χ2n) is 7.86. The lowest BCUT2D eigenvalue weighted by molar-refractivity contribution is 0.174. The monoisotopic (exact) mass is 428 g/mol. The van der Waals surface area contributed by atoms with Gasteiger partial charge < -0.3 is 19.1 Å². The molecule has 0 spiro atoms. The van der Waals surface area contributed by atoms with E-state index in [-0.39, 0.29) is 0 Å². The zero-order valence-electron chi connectivity index (χ0n) is 18.0. The molecule has 0 radical (unpaired) electrons. The van der Waals surface area contributed by atoms with E-state index >= 15 is 0 Å². The van der Waals surface area contributed by atoms with Crippen molar-refractivity contribution in [3.8, 4) is 34.6 Å². The Morgan fingerprint density at radius 2 is 1.75 bits per heavy atom. The van der Waals surface area contributed by atoms with Crippen molar-refractivity contribution in [2.75, 3.05) is 45.0 Å². The molecule has 0 amide bonds. The number of benzene rings is 2. The number of piperazine rings is 1. The van der Waals surface area contributed by atoms with Gasteiger partial charge in [-0.3, -0.25) is 4.90 Å². The number of hydrogen-bond donors (Lipinski definition) is 0. The molecule has 1 saturated heterocycles. The van der Waals surface area contributed by atoms with Gasteiger partial charge in [0.15, 0.2) is 11.5 Å². The summed E-state index contributed by atoms with van der Waals surface area (Å²) < 4.78 is 16.1. The van der Waals surface area contributed by atoms with E-state index in [0.717, 1.165) is 67.0 Å². The Bertz CT molecular complexity index is 1150. The molecular formula is C25H24N4O3. The molecule has 162 valence electrons. The highest BCUT2D eigenvalue weighted by atomic mass is 16.7. The molecule has 0 unspecified atom stereocenters. The molecule has 2 aromatic carbocycles.